The number of carboxylic acids is 2. The first-order valence-corrected chi connectivity index (χ1v) is 16.4. The van der Waals surface area contributed by atoms with E-state index >= 15 is 0 Å². The summed E-state index contributed by atoms with van der Waals surface area (Å²) in [7, 11) is 2.14. The Morgan fingerprint density at radius 3 is 2.43 bits per heavy atom. The van der Waals surface area contributed by atoms with Crippen molar-refractivity contribution in [3.63, 3.8) is 0 Å². The first-order chi connectivity index (χ1) is 21.0. The van der Waals surface area contributed by atoms with E-state index in [1.165, 1.54) is 22.2 Å². The maximum atomic E-state index is 12.7. The summed E-state index contributed by atoms with van der Waals surface area (Å²) in [4.78, 5) is 26.1. The lowest BCUT2D eigenvalue weighted by atomic mass is 9.67. The van der Waals surface area contributed by atoms with Crippen molar-refractivity contribution in [2.45, 2.75) is 70.6 Å². The molecule has 0 unspecified atom stereocenters. The molecule has 1 aliphatic carbocycles. The highest BCUT2D eigenvalue weighted by Gasteiger charge is 2.38. The zero-order valence-corrected chi connectivity index (χ0v) is 27.1. The Balaban J connectivity index is 1.61. The van der Waals surface area contributed by atoms with Crippen molar-refractivity contribution in [3.05, 3.63) is 96.0 Å². The molecule has 0 fully saturated rings. The molecule has 2 N–H and O–H groups in total. The molecule has 0 atom stereocenters. The molecule has 0 amide bonds. The molecule has 2 heterocycles. The average Bonchev–Trinajstić information content (AvgIpc) is 2.97. The number of aliphatic carboxylic acids is 1. The summed E-state index contributed by atoms with van der Waals surface area (Å²) in [6.45, 7) is 7.36. The molecule has 3 aromatic carbocycles. The van der Waals surface area contributed by atoms with Crippen molar-refractivity contribution in [3.8, 4) is 0 Å². The summed E-state index contributed by atoms with van der Waals surface area (Å²) in [6.07, 6.45) is 6.70. The van der Waals surface area contributed by atoms with E-state index in [0.717, 1.165) is 85.6 Å². The highest BCUT2D eigenvalue weighted by molar-refractivity contribution is 6.37. The van der Waals surface area contributed by atoms with Crippen LogP contribution < -0.4 is 20.1 Å². The third kappa shape index (κ3) is 5.30. The molecule has 2 aliphatic heterocycles. The number of carbonyl (C=O) groups is 2. The Hall–Kier alpha value is -3.35. The van der Waals surface area contributed by atoms with E-state index in [9.17, 15) is 14.7 Å². The fourth-order valence-corrected chi connectivity index (χ4v) is 8.02. The van der Waals surface area contributed by atoms with Crippen LogP contribution in [0.2, 0.25) is 10.0 Å². The summed E-state index contributed by atoms with van der Waals surface area (Å²) in [6, 6.07) is 12.4. The van der Waals surface area contributed by atoms with Crippen molar-refractivity contribution >= 4 is 46.4 Å². The standard InChI is InChI=1S/C36H38Cl2N2O4/c1-36(2)25-19-29-21(9-7-14-39(29)3)17-23(25)32(33-27(37)12-13-28(38)34(33)35(43)44)24-18-22-10-8-16-40(30(22)20-26(24)36)15-6-4-5-11-31(41)42/h12-13,17-20H,4-11,14-16H2,1-3H3,(H-,41,42,43,44)/p+1. The SMILES string of the molecule is C[N+]1=c2cc3c(cc2CCC1)=C(c1c(Cl)ccc(Cl)c1C(=O)O)c1cc2c(cc1C3(C)C)N(CCCCCC(=O)O)CCC2. The maximum absolute atomic E-state index is 12.7. The van der Waals surface area contributed by atoms with Crippen molar-refractivity contribution in [2.75, 3.05) is 31.6 Å². The smallest absolute Gasteiger partial charge is 0.337 e. The third-order valence-electron chi connectivity index (χ3n) is 9.77. The molecule has 0 aromatic heterocycles. The van der Waals surface area contributed by atoms with Crippen LogP contribution in [0, 0.1) is 0 Å². The van der Waals surface area contributed by atoms with Crippen LogP contribution in [-0.4, -0.2) is 48.8 Å². The van der Waals surface area contributed by atoms with Gasteiger partial charge < -0.3 is 15.1 Å². The van der Waals surface area contributed by atoms with E-state index in [1.807, 2.05) is 0 Å². The van der Waals surface area contributed by atoms with Crippen LogP contribution in [0.5, 0.6) is 0 Å². The molecule has 0 saturated heterocycles. The topological polar surface area (TPSA) is 80.9 Å². The number of hydrogen-bond donors (Lipinski definition) is 2. The molecule has 0 saturated carbocycles. The number of anilines is 1. The number of carboxylic acid groups (broad SMARTS) is 2. The summed E-state index contributed by atoms with van der Waals surface area (Å²) in [5.74, 6) is -1.84. The van der Waals surface area contributed by atoms with Crippen LogP contribution >= 0.6 is 23.2 Å². The van der Waals surface area contributed by atoms with Gasteiger partial charge in [0.05, 0.1) is 10.6 Å². The van der Waals surface area contributed by atoms with E-state index in [0.29, 0.717) is 17.0 Å². The molecule has 230 valence electrons. The zero-order chi connectivity index (χ0) is 31.3. The number of aryl methyl sites for hydroxylation is 2. The lowest BCUT2D eigenvalue weighted by Gasteiger charge is -2.39. The summed E-state index contributed by atoms with van der Waals surface area (Å²) in [5, 5.41) is 22.2. The number of aromatic carboxylic acids is 1. The lowest BCUT2D eigenvalue weighted by molar-refractivity contribution is -0.137. The number of nitrogens with zero attached hydrogens (tertiary/aromatic N) is 2. The minimum absolute atomic E-state index is 0.0290. The van der Waals surface area contributed by atoms with Crippen LogP contribution in [0.3, 0.4) is 0 Å². The molecule has 0 bridgehead atoms. The number of unbranched alkanes of at least 4 members (excludes halogenated alkanes) is 2. The van der Waals surface area contributed by atoms with E-state index in [1.54, 1.807) is 12.1 Å². The zero-order valence-electron chi connectivity index (χ0n) is 25.6. The van der Waals surface area contributed by atoms with E-state index in [4.69, 9.17) is 28.3 Å². The highest BCUT2D eigenvalue weighted by atomic mass is 35.5. The third-order valence-corrected chi connectivity index (χ3v) is 10.4. The number of rotatable bonds is 8. The second-order valence-corrected chi connectivity index (χ2v) is 13.8. The van der Waals surface area contributed by atoms with Crippen molar-refractivity contribution in [2.24, 2.45) is 0 Å². The Morgan fingerprint density at radius 2 is 1.68 bits per heavy atom. The maximum Gasteiger partial charge on any atom is 0.337 e. The number of benzene rings is 3. The van der Waals surface area contributed by atoms with Crippen molar-refractivity contribution in [1.29, 1.82) is 0 Å². The van der Waals surface area contributed by atoms with Gasteiger partial charge in [-0.25, -0.2) is 9.37 Å². The molecule has 6 rings (SSSR count). The van der Waals surface area contributed by atoms with Gasteiger partial charge in [-0.1, -0.05) is 43.5 Å². The second-order valence-electron chi connectivity index (χ2n) is 13.0. The normalized spacial score (nSPS) is 16.6. The summed E-state index contributed by atoms with van der Waals surface area (Å²) < 4.78 is 2.32. The van der Waals surface area contributed by atoms with Gasteiger partial charge >= 0.3 is 11.9 Å². The van der Waals surface area contributed by atoms with Crippen LogP contribution in [0.1, 0.15) is 96.1 Å². The quantitative estimate of drug-likeness (QED) is 0.233. The molecule has 3 aromatic rings. The lowest BCUT2D eigenvalue weighted by Crippen LogP contribution is -2.42. The minimum atomic E-state index is -1.10. The largest absolute Gasteiger partial charge is 0.481 e. The van der Waals surface area contributed by atoms with Crippen LogP contribution in [0.4, 0.5) is 5.69 Å². The minimum Gasteiger partial charge on any atom is -0.481 e. The molecule has 0 radical (unpaired) electrons. The molecule has 6 nitrogen and oxygen atoms in total. The Morgan fingerprint density at radius 1 is 0.932 bits per heavy atom. The predicted octanol–water partition coefficient (Wildman–Crippen LogP) is 6.04. The molecule has 3 aliphatic rings. The van der Waals surface area contributed by atoms with Gasteiger partial charge in [-0.3, -0.25) is 4.79 Å². The van der Waals surface area contributed by atoms with Gasteiger partial charge in [-0.05, 0) is 95.5 Å². The van der Waals surface area contributed by atoms with Gasteiger partial charge in [-0.2, -0.15) is 0 Å². The van der Waals surface area contributed by atoms with E-state index in [-0.39, 0.29) is 22.4 Å². The van der Waals surface area contributed by atoms with E-state index < -0.39 is 11.9 Å². The predicted molar refractivity (Wildman–Crippen MR) is 176 cm³/mol. The van der Waals surface area contributed by atoms with Crippen molar-refractivity contribution < 1.29 is 19.8 Å². The molecule has 8 heteroatoms. The summed E-state index contributed by atoms with van der Waals surface area (Å²) >= 11 is 13.5. The Labute approximate surface area is 268 Å². The Bertz CT molecular complexity index is 1830. The second kappa shape index (κ2) is 11.9. The molecule has 0 spiro atoms. The molecular weight excluding hydrogens is 595 g/mol. The van der Waals surface area contributed by atoms with E-state index in [2.05, 4.69) is 54.6 Å². The van der Waals surface area contributed by atoms with Crippen molar-refractivity contribution in [1.82, 2.24) is 4.58 Å². The summed E-state index contributed by atoms with van der Waals surface area (Å²) in [5.41, 5.74) is 8.00. The average molecular weight is 635 g/mol. The van der Waals surface area contributed by atoms with Gasteiger partial charge in [0, 0.05) is 59.2 Å². The van der Waals surface area contributed by atoms with Gasteiger partial charge in [0.2, 0.25) is 5.36 Å². The fraction of sp³-hybridized carbons (Fsp3) is 0.417. The highest BCUT2D eigenvalue weighted by Crippen LogP contribution is 2.46. The number of fused-ring (bicyclic) bond motifs is 4. The monoisotopic (exact) mass is 633 g/mol. The number of halogens is 2. The van der Waals surface area contributed by atoms with Gasteiger partial charge in [0.25, 0.3) is 0 Å². The van der Waals surface area contributed by atoms with Gasteiger partial charge in [-0.15, -0.1) is 0 Å². The molecular formula is C36H39Cl2N2O4+. The first kappa shape index (κ1) is 30.7. The first-order valence-electron chi connectivity index (χ1n) is 15.6. The van der Waals surface area contributed by atoms with Gasteiger partial charge in [0.15, 0.2) is 0 Å². The van der Waals surface area contributed by atoms with Crippen LogP contribution in [0.25, 0.3) is 5.57 Å². The number of hydrogen-bond acceptors (Lipinski definition) is 3. The Kier molecular flexibility index (Phi) is 8.27. The van der Waals surface area contributed by atoms with Crippen LogP contribution in [-0.2, 0) is 23.1 Å². The van der Waals surface area contributed by atoms with Crippen LogP contribution in [0.15, 0.2) is 36.4 Å². The van der Waals surface area contributed by atoms with Gasteiger partial charge in [0.1, 0.15) is 13.6 Å². The molecule has 44 heavy (non-hydrogen) atoms. The fourth-order valence-electron chi connectivity index (χ4n) is 7.52.